The summed E-state index contributed by atoms with van der Waals surface area (Å²) in [5, 5.41) is 85.1. The minimum Gasteiger partial charge on any atom is -0.862 e. The van der Waals surface area contributed by atoms with Crippen LogP contribution in [-0.2, 0) is 51.2 Å². The van der Waals surface area contributed by atoms with Gasteiger partial charge in [0.05, 0.1) is 0 Å². The first kappa shape index (κ1) is 67.3. The molecule has 0 aromatic heterocycles. The molecule has 0 aliphatic carbocycles. The van der Waals surface area contributed by atoms with Crippen molar-refractivity contribution in [2.75, 3.05) is 72.0 Å². The minimum atomic E-state index is -1.15. The summed E-state index contributed by atoms with van der Waals surface area (Å²) in [6.45, 7) is 0.141. The van der Waals surface area contributed by atoms with E-state index in [1.165, 1.54) is 0 Å². The molecule has 460 valence electrons. The van der Waals surface area contributed by atoms with Crippen LogP contribution in [0.3, 0.4) is 0 Å². The van der Waals surface area contributed by atoms with Crippen molar-refractivity contribution in [2.45, 2.75) is 116 Å². The van der Waals surface area contributed by atoms with Gasteiger partial charge in [-0.1, -0.05) is 48.5 Å². The third-order valence-electron chi connectivity index (χ3n) is 13.7. The van der Waals surface area contributed by atoms with E-state index in [-0.39, 0.29) is 127 Å². The summed E-state index contributed by atoms with van der Waals surface area (Å²) in [7, 11) is 0. The third-order valence-corrected chi connectivity index (χ3v) is 13.7. The number of carboxylic acid groups (broad SMARTS) is 4. The van der Waals surface area contributed by atoms with Gasteiger partial charge in [0.25, 0.3) is 0 Å². The summed E-state index contributed by atoms with van der Waals surface area (Å²) in [4.78, 5) is 122. The van der Waals surface area contributed by atoms with Crippen LogP contribution in [0, 0.1) is 0 Å². The van der Waals surface area contributed by atoms with Crippen molar-refractivity contribution in [2.24, 2.45) is 20.0 Å². The van der Waals surface area contributed by atoms with Gasteiger partial charge in [0.1, 0.15) is 0 Å². The number of hydrogen-bond acceptors (Lipinski definition) is 16. The Labute approximate surface area is 498 Å². The van der Waals surface area contributed by atoms with Crippen LogP contribution < -0.4 is 40.0 Å². The van der Waals surface area contributed by atoms with Gasteiger partial charge in [-0.15, -0.1) is 0 Å². The lowest BCUT2D eigenvalue weighted by molar-refractivity contribution is -0.220. The number of carboxylic acids is 4. The maximum Gasteiger partial charge on any atom is 0.303 e. The van der Waals surface area contributed by atoms with E-state index in [1.807, 2.05) is 48.5 Å². The molecule has 0 saturated carbocycles. The Morgan fingerprint density at radius 2 is 0.488 bits per heavy atom. The van der Waals surface area contributed by atoms with Crippen LogP contribution in [0.15, 0.2) is 117 Å². The quantitative estimate of drug-likeness (QED) is 0.0576. The number of aliphatic imine (C=N–C) groups is 4. The molecule has 7 aliphatic rings. The minimum absolute atomic E-state index is 0.152. The molecule has 8 bridgehead atoms. The molecule has 0 radical (unpaired) electrons. The van der Waals surface area contributed by atoms with Crippen molar-refractivity contribution >= 4 is 93.8 Å². The number of aliphatic carboxylic acids is 4. The average Bonchev–Trinajstić information content (AvgIpc) is 3.23. The number of benzene rings is 4. The largest absolute Gasteiger partial charge is 0.862 e. The lowest BCUT2D eigenvalue weighted by atomic mass is 10.0. The van der Waals surface area contributed by atoms with E-state index in [2.05, 4.69) is 20.0 Å². The van der Waals surface area contributed by atoms with Gasteiger partial charge >= 0.3 is 23.9 Å². The Balaban J connectivity index is 1.48. The number of amides is 4. The van der Waals surface area contributed by atoms with Crippen LogP contribution in [-0.4, -0.2) is 144 Å². The highest BCUT2D eigenvalue weighted by Gasteiger charge is 2.22. The fourth-order valence-corrected chi connectivity index (χ4v) is 9.13. The van der Waals surface area contributed by atoms with E-state index in [9.17, 15) is 58.8 Å². The van der Waals surface area contributed by atoms with E-state index < -0.39 is 73.2 Å². The molecule has 0 unspecified atom stereocenters. The Hall–Kier alpha value is -9.48. The van der Waals surface area contributed by atoms with Crippen molar-refractivity contribution in [3.05, 3.63) is 119 Å². The fraction of sp³-hybridized carbons (Fsp3) is 0.419. The van der Waals surface area contributed by atoms with Gasteiger partial charge in [-0.25, -0.2) is 0 Å². The Morgan fingerprint density at radius 3 is 0.663 bits per heavy atom. The molecule has 11 rings (SSSR count). The number of anilines is 4. The lowest BCUT2D eigenvalue weighted by Gasteiger charge is -2.26. The number of carbonyl (C=O) groups is 8. The second-order valence-corrected chi connectivity index (χ2v) is 20.3. The summed E-state index contributed by atoms with van der Waals surface area (Å²) >= 11 is 0. The van der Waals surface area contributed by atoms with Crippen LogP contribution in [0.4, 0.5) is 22.7 Å². The predicted octanol–water partition coefficient (Wildman–Crippen LogP) is 3.53. The first-order valence-electron chi connectivity index (χ1n) is 28.5. The van der Waals surface area contributed by atoms with E-state index in [4.69, 9.17) is 20.4 Å². The van der Waals surface area contributed by atoms with E-state index in [1.54, 1.807) is 68.1 Å². The van der Waals surface area contributed by atoms with E-state index >= 15 is 0 Å². The van der Waals surface area contributed by atoms with E-state index in [0.717, 1.165) is 22.3 Å². The molecule has 86 heavy (non-hydrogen) atoms. The molecular weight excluding hydrogens is 1110 g/mol. The van der Waals surface area contributed by atoms with Gasteiger partial charge < -0.3 is 80.4 Å². The zero-order chi connectivity index (χ0) is 62.4. The fourth-order valence-electron chi connectivity index (χ4n) is 9.13. The van der Waals surface area contributed by atoms with Crippen LogP contribution in [0.25, 0.3) is 0 Å². The van der Waals surface area contributed by atoms with Crippen LogP contribution in [0.5, 0.6) is 0 Å². The van der Waals surface area contributed by atoms with Gasteiger partial charge in [0.2, 0.25) is 23.6 Å². The first-order valence-corrected chi connectivity index (χ1v) is 28.5. The molecular formula is C62H72N8O16-4. The zero-order valence-corrected chi connectivity index (χ0v) is 47.9. The van der Waals surface area contributed by atoms with Crippen molar-refractivity contribution in [3.63, 3.8) is 0 Å². The highest BCUT2D eigenvalue weighted by Crippen LogP contribution is 2.26. The summed E-state index contributed by atoms with van der Waals surface area (Å²) in [5.74, 6) is -8.53. The second-order valence-electron chi connectivity index (χ2n) is 20.3. The van der Waals surface area contributed by atoms with Crippen molar-refractivity contribution in [1.29, 1.82) is 0 Å². The lowest BCUT2D eigenvalue weighted by Crippen LogP contribution is -2.35. The zero-order valence-electron chi connectivity index (χ0n) is 47.9. The molecule has 4 aromatic rings. The van der Waals surface area contributed by atoms with Crippen LogP contribution >= 0.6 is 0 Å². The highest BCUT2D eigenvalue weighted by atomic mass is 16.4. The molecule has 0 spiro atoms. The van der Waals surface area contributed by atoms with Gasteiger partial charge in [-0.3, -0.25) is 38.4 Å². The molecule has 0 saturated heterocycles. The maximum absolute atomic E-state index is 13.9. The molecule has 24 heteroatoms. The summed E-state index contributed by atoms with van der Waals surface area (Å²) in [5.41, 5.74) is 5.68. The highest BCUT2D eigenvalue weighted by molar-refractivity contribution is 5.96. The first-order chi connectivity index (χ1) is 41.2. The molecule has 24 nitrogen and oxygen atoms in total. The van der Waals surface area contributed by atoms with Crippen molar-refractivity contribution < 1.29 is 79.2 Å². The third kappa shape index (κ3) is 24.4. The van der Waals surface area contributed by atoms with Crippen molar-refractivity contribution in [3.8, 4) is 0 Å². The summed E-state index contributed by atoms with van der Waals surface area (Å²) in [6, 6.07) is 29.2. The summed E-state index contributed by atoms with van der Waals surface area (Å²) in [6.07, 6.45) is -0.905. The molecule has 7 heterocycles. The van der Waals surface area contributed by atoms with Gasteiger partial charge in [0.15, 0.2) is 0 Å². The standard InChI is InChI=1S/C62H76N8O16/c71-51(21-25-59(79)80)63-33-29-55(75)67-37-1-2-38-68(56(76)30-34-64-52(72)22-26-60(81)82)48-15-7-44(8-16-48)42-46-11-19-50(20-12-46)70(58(78)32-36-66-54(74)24-28-62(85)86)40-4-3-39-69(57(77)31-35-65-53(73)23-27-61(83)84)49-17-9-45(10-18-49)41-43-5-13-47(67)14-6-43/h5-20H,1-4,21-42H2,(H,63,71)(H,64,72)(H,65,73)(H,66,74)(H,79,80)(H,81,82)(H,83,84)(H,85,86)/p-4. The molecule has 4 N–H and O–H groups in total. The molecule has 0 atom stereocenters. The Kier molecular flexibility index (Phi) is 27.9. The van der Waals surface area contributed by atoms with E-state index in [0.29, 0.717) is 61.3 Å². The second kappa shape index (κ2) is 35.6. The monoisotopic (exact) mass is 1180 g/mol. The predicted molar refractivity (Wildman–Crippen MR) is 314 cm³/mol. The van der Waals surface area contributed by atoms with Gasteiger partial charge in [-0.05, 0) is 159 Å². The average molecular weight is 1190 g/mol. The smallest absolute Gasteiger partial charge is 0.303 e. The van der Waals surface area contributed by atoms with Gasteiger partial charge in [0, 0.05) is 126 Å². The normalized spacial score (nSPS) is 14.3. The molecule has 4 amide bonds. The molecule has 7 aliphatic heterocycles. The maximum atomic E-state index is 13.9. The number of nitrogens with zero attached hydrogens (tertiary/aromatic N) is 8. The van der Waals surface area contributed by atoms with Gasteiger partial charge in [-0.2, -0.15) is 0 Å². The Morgan fingerprint density at radius 1 is 0.302 bits per heavy atom. The molecule has 0 fully saturated rings. The summed E-state index contributed by atoms with van der Waals surface area (Å²) < 4.78 is 0. The Bertz CT molecular complexity index is 2650. The van der Waals surface area contributed by atoms with Crippen LogP contribution in [0.1, 0.15) is 125 Å². The van der Waals surface area contributed by atoms with Crippen molar-refractivity contribution in [1.82, 2.24) is 0 Å². The number of rotatable bonds is 24. The SMILES string of the molecule is O=C(O)CCC([O-])=NCCC(=O)N1CCCCN(C(=O)CCN=C([O-])CCC(=O)O)c2ccc(cc2)Cc2ccc(cc2)N(C(=O)CCN=C([O-])CCC(=O)O)CCCCN(C(=O)CCN=C([O-])CCC(=O)O)c2ccc(cc2)Cc2ccc1cc2. The number of hydrogen-bond donors (Lipinski definition) is 4. The molecule has 4 aromatic carbocycles. The van der Waals surface area contributed by atoms with Crippen LogP contribution in [0.2, 0.25) is 0 Å². The number of carbonyl (C=O) groups excluding carboxylic acids is 4. The topological polar surface area (TPSA) is 372 Å².